The summed E-state index contributed by atoms with van der Waals surface area (Å²) in [4.78, 5) is 20.2. The van der Waals surface area contributed by atoms with Crippen LogP contribution in [0.4, 0.5) is 0 Å². The average Bonchev–Trinajstić information content (AvgIpc) is 3.43. The monoisotopic (exact) mass is 371 g/mol. The Morgan fingerprint density at radius 3 is 2.54 bits per heavy atom. The van der Waals surface area contributed by atoms with E-state index in [2.05, 4.69) is 20.4 Å². The maximum atomic E-state index is 12.8. The Morgan fingerprint density at radius 1 is 1.04 bits per heavy atom. The molecule has 1 amide bonds. The normalized spacial score (nSPS) is 11.9. The number of carbonyl (C=O) groups excluding carboxylic acids is 1. The minimum Gasteiger partial charge on any atom is -0.349 e. The minimum atomic E-state index is -0.163. The Balaban J connectivity index is 1.47. The molecule has 0 aliphatic heterocycles. The SMILES string of the molecule is O=C(N[C@H](Cc1ncc[nH]1)c1ccccc1)c1ccc(Cn2cccn2)cc1. The van der Waals surface area contributed by atoms with Gasteiger partial charge in [-0.2, -0.15) is 5.10 Å². The van der Waals surface area contributed by atoms with Crippen molar-refractivity contribution in [2.45, 2.75) is 19.0 Å². The molecule has 0 bridgehead atoms. The van der Waals surface area contributed by atoms with Gasteiger partial charge in [-0.15, -0.1) is 0 Å². The van der Waals surface area contributed by atoms with E-state index in [1.165, 1.54) is 0 Å². The number of imidazole rings is 1. The second-order valence-corrected chi connectivity index (χ2v) is 6.58. The number of amides is 1. The topological polar surface area (TPSA) is 75.6 Å². The van der Waals surface area contributed by atoms with Crippen molar-refractivity contribution < 1.29 is 4.79 Å². The van der Waals surface area contributed by atoms with E-state index in [4.69, 9.17) is 0 Å². The molecule has 0 aliphatic carbocycles. The van der Waals surface area contributed by atoms with Crippen LogP contribution in [0, 0.1) is 0 Å². The lowest BCUT2D eigenvalue weighted by Gasteiger charge is -2.18. The largest absolute Gasteiger partial charge is 0.349 e. The third kappa shape index (κ3) is 4.35. The van der Waals surface area contributed by atoms with Gasteiger partial charge in [0, 0.05) is 36.8 Å². The number of benzene rings is 2. The Morgan fingerprint density at radius 2 is 1.86 bits per heavy atom. The predicted molar refractivity (Wildman–Crippen MR) is 107 cm³/mol. The number of aromatic nitrogens is 4. The fourth-order valence-electron chi connectivity index (χ4n) is 3.12. The van der Waals surface area contributed by atoms with Gasteiger partial charge in [-0.25, -0.2) is 4.98 Å². The number of hydrogen-bond donors (Lipinski definition) is 2. The first kappa shape index (κ1) is 17.7. The third-order valence-corrected chi connectivity index (χ3v) is 4.58. The molecule has 0 unspecified atom stereocenters. The number of carbonyl (C=O) groups is 1. The van der Waals surface area contributed by atoms with Crippen molar-refractivity contribution in [2.24, 2.45) is 0 Å². The van der Waals surface area contributed by atoms with Gasteiger partial charge in [-0.1, -0.05) is 42.5 Å². The summed E-state index contributed by atoms with van der Waals surface area (Å²) >= 11 is 0. The molecule has 4 aromatic rings. The first-order valence-corrected chi connectivity index (χ1v) is 9.18. The van der Waals surface area contributed by atoms with E-state index in [0.717, 1.165) is 17.0 Å². The van der Waals surface area contributed by atoms with Crippen LogP contribution in [0.5, 0.6) is 0 Å². The average molecular weight is 371 g/mol. The van der Waals surface area contributed by atoms with E-state index in [9.17, 15) is 4.79 Å². The van der Waals surface area contributed by atoms with Gasteiger partial charge in [-0.3, -0.25) is 9.48 Å². The molecule has 4 rings (SSSR count). The molecule has 0 radical (unpaired) electrons. The maximum Gasteiger partial charge on any atom is 0.251 e. The van der Waals surface area contributed by atoms with Crippen molar-refractivity contribution in [1.29, 1.82) is 0 Å². The zero-order chi connectivity index (χ0) is 19.2. The summed E-state index contributed by atoms with van der Waals surface area (Å²) in [7, 11) is 0. The van der Waals surface area contributed by atoms with E-state index in [-0.39, 0.29) is 11.9 Å². The van der Waals surface area contributed by atoms with Crippen molar-refractivity contribution in [3.8, 4) is 0 Å². The minimum absolute atomic E-state index is 0.106. The standard InChI is InChI=1S/C22H21N5O/c28-22(19-9-7-17(8-10-19)16-27-14-4-11-25-27)26-20(15-21-23-12-13-24-21)18-5-2-1-3-6-18/h1-14,20H,15-16H2,(H,23,24)(H,26,28)/t20-/m1/s1. The zero-order valence-corrected chi connectivity index (χ0v) is 15.3. The van der Waals surface area contributed by atoms with Gasteiger partial charge < -0.3 is 10.3 Å². The third-order valence-electron chi connectivity index (χ3n) is 4.58. The summed E-state index contributed by atoms with van der Waals surface area (Å²) in [6.45, 7) is 0.681. The highest BCUT2D eigenvalue weighted by atomic mass is 16.1. The van der Waals surface area contributed by atoms with E-state index in [1.54, 1.807) is 18.6 Å². The van der Waals surface area contributed by atoms with Gasteiger partial charge in [0.15, 0.2) is 0 Å². The van der Waals surface area contributed by atoms with Crippen LogP contribution in [0.2, 0.25) is 0 Å². The van der Waals surface area contributed by atoms with Crippen LogP contribution >= 0.6 is 0 Å². The molecule has 0 saturated carbocycles. The van der Waals surface area contributed by atoms with Crippen LogP contribution in [0.1, 0.15) is 33.4 Å². The molecular weight excluding hydrogens is 350 g/mol. The highest BCUT2D eigenvalue weighted by Gasteiger charge is 2.17. The summed E-state index contributed by atoms with van der Waals surface area (Å²) in [6, 6.07) is 19.3. The Kier molecular flexibility index (Phi) is 5.29. The number of rotatable bonds is 7. The Hall–Kier alpha value is -3.67. The molecular formula is C22H21N5O. The molecule has 140 valence electrons. The molecule has 6 nitrogen and oxygen atoms in total. The Labute approximate surface area is 163 Å². The number of hydrogen-bond acceptors (Lipinski definition) is 3. The molecule has 2 aromatic carbocycles. The van der Waals surface area contributed by atoms with Crippen molar-refractivity contribution in [2.75, 3.05) is 0 Å². The van der Waals surface area contributed by atoms with Gasteiger partial charge in [0.2, 0.25) is 0 Å². The fraction of sp³-hybridized carbons (Fsp3) is 0.136. The predicted octanol–water partition coefficient (Wildman–Crippen LogP) is 3.37. The number of nitrogens with zero attached hydrogens (tertiary/aromatic N) is 3. The maximum absolute atomic E-state index is 12.8. The quantitative estimate of drug-likeness (QED) is 0.523. The van der Waals surface area contributed by atoms with Gasteiger partial charge >= 0.3 is 0 Å². The first-order valence-electron chi connectivity index (χ1n) is 9.18. The molecule has 2 heterocycles. The van der Waals surface area contributed by atoms with E-state index in [1.807, 2.05) is 71.5 Å². The van der Waals surface area contributed by atoms with Crippen molar-refractivity contribution in [3.05, 3.63) is 108 Å². The highest BCUT2D eigenvalue weighted by molar-refractivity contribution is 5.94. The summed E-state index contributed by atoms with van der Waals surface area (Å²) in [5.41, 5.74) is 2.77. The van der Waals surface area contributed by atoms with Gasteiger partial charge in [0.25, 0.3) is 5.91 Å². The van der Waals surface area contributed by atoms with Crippen LogP contribution in [0.15, 0.2) is 85.5 Å². The van der Waals surface area contributed by atoms with Crippen molar-refractivity contribution >= 4 is 5.91 Å². The number of H-pyrrole nitrogens is 1. The number of nitrogens with one attached hydrogen (secondary N) is 2. The van der Waals surface area contributed by atoms with Crippen LogP contribution in [0.25, 0.3) is 0 Å². The second-order valence-electron chi connectivity index (χ2n) is 6.58. The van der Waals surface area contributed by atoms with Crippen molar-refractivity contribution in [1.82, 2.24) is 25.1 Å². The van der Waals surface area contributed by atoms with E-state index < -0.39 is 0 Å². The lowest BCUT2D eigenvalue weighted by Crippen LogP contribution is -2.30. The Bertz CT molecular complexity index is 993. The highest BCUT2D eigenvalue weighted by Crippen LogP contribution is 2.18. The molecule has 1 atom stereocenters. The smallest absolute Gasteiger partial charge is 0.251 e. The van der Waals surface area contributed by atoms with E-state index >= 15 is 0 Å². The molecule has 0 fully saturated rings. The van der Waals surface area contributed by atoms with Gasteiger partial charge in [-0.05, 0) is 29.3 Å². The summed E-state index contributed by atoms with van der Waals surface area (Å²) in [6.07, 6.45) is 7.78. The van der Waals surface area contributed by atoms with Gasteiger partial charge in [0.05, 0.1) is 12.6 Å². The summed E-state index contributed by atoms with van der Waals surface area (Å²) in [5.74, 6) is 0.731. The lowest BCUT2D eigenvalue weighted by molar-refractivity contribution is 0.0936. The van der Waals surface area contributed by atoms with E-state index in [0.29, 0.717) is 18.5 Å². The number of aromatic amines is 1. The second kappa shape index (κ2) is 8.35. The lowest BCUT2D eigenvalue weighted by atomic mass is 10.0. The van der Waals surface area contributed by atoms with Crippen molar-refractivity contribution in [3.63, 3.8) is 0 Å². The van der Waals surface area contributed by atoms with Crippen LogP contribution < -0.4 is 5.32 Å². The molecule has 0 spiro atoms. The van der Waals surface area contributed by atoms with Crippen LogP contribution in [-0.4, -0.2) is 25.7 Å². The molecule has 6 heteroatoms. The van der Waals surface area contributed by atoms with Crippen LogP contribution in [0.3, 0.4) is 0 Å². The molecule has 2 aromatic heterocycles. The summed E-state index contributed by atoms with van der Waals surface area (Å²) in [5, 5.41) is 7.34. The molecule has 28 heavy (non-hydrogen) atoms. The zero-order valence-electron chi connectivity index (χ0n) is 15.3. The molecule has 2 N–H and O–H groups in total. The summed E-state index contributed by atoms with van der Waals surface area (Å²) < 4.78 is 1.85. The van der Waals surface area contributed by atoms with Crippen LogP contribution in [-0.2, 0) is 13.0 Å². The molecule has 0 saturated heterocycles. The first-order chi connectivity index (χ1) is 13.8. The fourth-order valence-corrected chi connectivity index (χ4v) is 3.12. The molecule has 0 aliphatic rings. The van der Waals surface area contributed by atoms with Gasteiger partial charge in [0.1, 0.15) is 5.82 Å².